The van der Waals surface area contributed by atoms with Crippen LogP contribution < -0.4 is 16.4 Å². The molecule has 0 aromatic carbocycles. The molecule has 0 fully saturated rings. The van der Waals surface area contributed by atoms with Gasteiger partial charge in [-0.1, -0.05) is 0 Å². The summed E-state index contributed by atoms with van der Waals surface area (Å²) in [4.78, 5) is 12.2. The number of hydrogen-bond donors (Lipinski definition) is 3. The molecule has 0 saturated carbocycles. The lowest BCUT2D eigenvalue weighted by Crippen LogP contribution is -2.24. The predicted octanol–water partition coefficient (Wildman–Crippen LogP) is 1.39. The molecule has 0 aliphatic rings. The van der Waals surface area contributed by atoms with Crippen molar-refractivity contribution in [2.75, 3.05) is 30.4 Å². The Morgan fingerprint density at radius 2 is 2.38 bits per heavy atom. The number of anilines is 2. The van der Waals surface area contributed by atoms with E-state index in [0.29, 0.717) is 25.3 Å². The van der Waals surface area contributed by atoms with Crippen molar-refractivity contribution >= 4 is 40.0 Å². The molecule has 1 heterocycles. The van der Waals surface area contributed by atoms with Gasteiger partial charge in [0.05, 0.1) is 4.90 Å². The highest BCUT2D eigenvalue weighted by molar-refractivity contribution is 7.99. The van der Waals surface area contributed by atoms with Gasteiger partial charge in [-0.25, -0.2) is 0 Å². The maximum absolute atomic E-state index is 11.2. The molecule has 90 valence electrons. The minimum absolute atomic E-state index is 0.0539. The van der Waals surface area contributed by atoms with Crippen molar-refractivity contribution < 1.29 is 4.79 Å². The molecule has 0 bridgehead atoms. The van der Waals surface area contributed by atoms with Gasteiger partial charge in [-0.15, -0.1) is 11.8 Å². The van der Waals surface area contributed by atoms with Crippen LogP contribution in [-0.2, 0) is 4.79 Å². The second-order valence-corrected chi connectivity index (χ2v) is 4.65. The zero-order chi connectivity index (χ0) is 12.0. The molecule has 1 amide bonds. The van der Waals surface area contributed by atoms with Crippen molar-refractivity contribution in [3.8, 4) is 0 Å². The molecule has 0 spiro atoms. The first-order chi connectivity index (χ1) is 7.69. The van der Waals surface area contributed by atoms with Gasteiger partial charge in [-0.05, 0) is 24.7 Å². The van der Waals surface area contributed by atoms with E-state index < -0.39 is 0 Å². The first kappa shape index (κ1) is 13.1. The standard InChI is InChI=1S/C9H16N4OS2/c1-3-11-6(14)4-5-12-9-7(15-2)8(10)13-16-9/h12H,3-5H2,1-2H3,(H2,10,13)(H,11,14). The number of rotatable bonds is 6. The first-order valence-electron chi connectivity index (χ1n) is 4.98. The van der Waals surface area contributed by atoms with E-state index >= 15 is 0 Å². The molecule has 0 radical (unpaired) electrons. The molecule has 1 rings (SSSR count). The van der Waals surface area contributed by atoms with E-state index in [1.807, 2.05) is 13.2 Å². The van der Waals surface area contributed by atoms with Crippen molar-refractivity contribution in [3.63, 3.8) is 0 Å². The highest BCUT2D eigenvalue weighted by Gasteiger charge is 2.10. The number of thioether (sulfide) groups is 1. The maximum Gasteiger partial charge on any atom is 0.221 e. The van der Waals surface area contributed by atoms with E-state index in [0.717, 1.165) is 9.90 Å². The van der Waals surface area contributed by atoms with E-state index in [2.05, 4.69) is 15.0 Å². The average molecular weight is 260 g/mol. The summed E-state index contributed by atoms with van der Waals surface area (Å²) in [5.41, 5.74) is 5.69. The van der Waals surface area contributed by atoms with Gasteiger partial charge in [0, 0.05) is 19.5 Å². The fourth-order valence-corrected chi connectivity index (χ4v) is 2.75. The van der Waals surface area contributed by atoms with Gasteiger partial charge in [0.15, 0.2) is 5.82 Å². The number of nitrogens with two attached hydrogens (primary N) is 1. The Labute approximate surface area is 103 Å². The highest BCUT2D eigenvalue weighted by Crippen LogP contribution is 2.34. The van der Waals surface area contributed by atoms with Crippen molar-refractivity contribution in [1.82, 2.24) is 9.69 Å². The molecule has 16 heavy (non-hydrogen) atoms. The quantitative estimate of drug-likeness (QED) is 0.673. The molecule has 5 nitrogen and oxygen atoms in total. The Morgan fingerprint density at radius 3 is 3.00 bits per heavy atom. The zero-order valence-electron chi connectivity index (χ0n) is 9.37. The summed E-state index contributed by atoms with van der Waals surface area (Å²) in [5, 5.41) is 6.85. The predicted molar refractivity (Wildman–Crippen MR) is 70.1 cm³/mol. The van der Waals surface area contributed by atoms with Gasteiger partial charge in [0.25, 0.3) is 0 Å². The van der Waals surface area contributed by atoms with E-state index in [4.69, 9.17) is 5.73 Å². The number of carbonyl (C=O) groups is 1. The third-order valence-corrected chi connectivity index (χ3v) is 3.66. The second kappa shape index (κ2) is 6.59. The number of nitrogen functional groups attached to an aromatic ring is 1. The van der Waals surface area contributed by atoms with Crippen molar-refractivity contribution in [3.05, 3.63) is 0 Å². The second-order valence-electron chi connectivity index (χ2n) is 3.06. The van der Waals surface area contributed by atoms with Crippen LogP contribution in [0.25, 0.3) is 0 Å². The van der Waals surface area contributed by atoms with Crippen LogP contribution in [0.1, 0.15) is 13.3 Å². The fraction of sp³-hybridized carbons (Fsp3) is 0.556. The van der Waals surface area contributed by atoms with Crippen molar-refractivity contribution in [2.45, 2.75) is 18.2 Å². The van der Waals surface area contributed by atoms with Crippen LogP contribution in [0.3, 0.4) is 0 Å². The number of nitrogens with one attached hydrogen (secondary N) is 2. The molecule has 1 aromatic heterocycles. The highest BCUT2D eigenvalue weighted by atomic mass is 32.2. The van der Waals surface area contributed by atoms with Crippen LogP contribution in [0, 0.1) is 0 Å². The minimum atomic E-state index is 0.0539. The molecule has 7 heteroatoms. The lowest BCUT2D eigenvalue weighted by Gasteiger charge is -2.05. The zero-order valence-corrected chi connectivity index (χ0v) is 11.0. The van der Waals surface area contributed by atoms with Gasteiger partial charge in [-0.3, -0.25) is 4.79 Å². The summed E-state index contributed by atoms with van der Waals surface area (Å²) < 4.78 is 4.06. The molecule has 0 atom stereocenters. The van der Waals surface area contributed by atoms with Crippen molar-refractivity contribution in [2.24, 2.45) is 0 Å². The smallest absolute Gasteiger partial charge is 0.221 e. The molecule has 0 aliphatic carbocycles. The topological polar surface area (TPSA) is 80.0 Å². The molecule has 0 unspecified atom stereocenters. The first-order valence-corrected chi connectivity index (χ1v) is 6.98. The number of nitrogens with zero attached hydrogens (tertiary/aromatic N) is 1. The summed E-state index contributed by atoms with van der Waals surface area (Å²) in [6.45, 7) is 3.17. The van der Waals surface area contributed by atoms with E-state index in [9.17, 15) is 4.79 Å². The van der Waals surface area contributed by atoms with Crippen LogP contribution >= 0.6 is 23.3 Å². The Bertz CT molecular complexity index is 353. The third-order valence-electron chi connectivity index (χ3n) is 1.89. The van der Waals surface area contributed by atoms with Gasteiger partial charge in [-0.2, -0.15) is 4.37 Å². The summed E-state index contributed by atoms with van der Waals surface area (Å²) in [6.07, 6.45) is 2.41. The summed E-state index contributed by atoms with van der Waals surface area (Å²) in [6, 6.07) is 0. The number of amides is 1. The number of carbonyl (C=O) groups excluding carboxylic acids is 1. The van der Waals surface area contributed by atoms with E-state index in [1.54, 1.807) is 11.8 Å². The number of hydrogen-bond acceptors (Lipinski definition) is 6. The Kier molecular flexibility index (Phi) is 5.41. The lowest BCUT2D eigenvalue weighted by molar-refractivity contribution is -0.120. The van der Waals surface area contributed by atoms with Crippen LogP contribution in [0.2, 0.25) is 0 Å². The van der Waals surface area contributed by atoms with Gasteiger partial charge >= 0.3 is 0 Å². The van der Waals surface area contributed by atoms with Gasteiger partial charge in [0.2, 0.25) is 5.91 Å². The van der Waals surface area contributed by atoms with Crippen LogP contribution in [0.4, 0.5) is 10.8 Å². The molecule has 0 saturated heterocycles. The monoisotopic (exact) mass is 260 g/mol. The molecule has 4 N–H and O–H groups in total. The van der Waals surface area contributed by atoms with Crippen LogP contribution in [0.5, 0.6) is 0 Å². The van der Waals surface area contributed by atoms with Crippen molar-refractivity contribution in [1.29, 1.82) is 0 Å². The Balaban J connectivity index is 2.40. The molecule has 0 aliphatic heterocycles. The maximum atomic E-state index is 11.2. The summed E-state index contributed by atoms with van der Waals surface area (Å²) in [7, 11) is 0. The lowest BCUT2D eigenvalue weighted by atomic mass is 10.4. The van der Waals surface area contributed by atoms with E-state index in [1.165, 1.54) is 11.5 Å². The summed E-state index contributed by atoms with van der Waals surface area (Å²) >= 11 is 2.88. The van der Waals surface area contributed by atoms with E-state index in [-0.39, 0.29) is 5.91 Å². The normalized spacial score (nSPS) is 10.1. The molecular weight excluding hydrogens is 244 g/mol. The largest absolute Gasteiger partial charge is 0.382 e. The Hall–Kier alpha value is -0.950. The third kappa shape index (κ3) is 3.57. The Morgan fingerprint density at radius 1 is 1.62 bits per heavy atom. The van der Waals surface area contributed by atoms with Gasteiger partial charge in [0.1, 0.15) is 5.00 Å². The van der Waals surface area contributed by atoms with Gasteiger partial charge < -0.3 is 16.4 Å². The number of aromatic nitrogens is 1. The average Bonchev–Trinajstić information content (AvgIpc) is 2.60. The van der Waals surface area contributed by atoms with Crippen LogP contribution in [-0.4, -0.2) is 29.6 Å². The summed E-state index contributed by atoms with van der Waals surface area (Å²) in [5.74, 6) is 0.608. The minimum Gasteiger partial charge on any atom is -0.382 e. The fourth-order valence-electron chi connectivity index (χ4n) is 1.18. The molecule has 1 aromatic rings. The van der Waals surface area contributed by atoms with Crippen LogP contribution in [0.15, 0.2) is 4.90 Å². The molecular formula is C9H16N4OS2. The SMILES string of the molecule is CCNC(=O)CCNc1snc(N)c1SC.